The second-order valence-corrected chi connectivity index (χ2v) is 5.20. The molecule has 1 saturated heterocycles. The van der Waals surface area contributed by atoms with Crippen LogP contribution in [0, 0.1) is 19.8 Å². The van der Waals surface area contributed by atoms with Gasteiger partial charge >= 0.3 is 0 Å². The lowest BCUT2D eigenvalue weighted by Crippen LogP contribution is -2.44. The molecule has 1 amide bonds. The summed E-state index contributed by atoms with van der Waals surface area (Å²) < 4.78 is 5.39. The van der Waals surface area contributed by atoms with Gasteiger partial charge in [0, 0.05) is 6.04 Å². The summed E-state index contributed by atoms with van der Waals surface area (Å²) in [6.07, 6.45) is 2.37. The lowest BCUT2D eigenvalue weighted by molar-refractivity contribution is 0.0920. The van der Waals surface area contributed by atoms with E-state index in [1.165, 1.54) is 12.8 Å². The van der Waals surface area contributed by atoms with Gasteiger partial charge in [0.05, 0.1) is 5.56 Å². The average molecular weight is 287 g/mol. The molecule has 2 N–H and O–H groups in total. The van der Waals surface area contributed by atoms with Crippen LogP contribution in [0.2, 0.25) is 0 Å². The number of hydrogen-bond acceptors (Lipinski definition) is 3. The maximum Gasteiger partial charge on any atom is 0.255 e. The third kappa shape index (κ3) is 3.98. The molecule has 0 aromatic carbocycles. The zero-order chi connectivity index (χ0) is 13.1. The van der Waals surface area contributed by atoms with E-state index >= 15 is 0 Å². The van der Waals surface area contributed by atoms with Gasteiger partial charge in [0.1, 0.15) is 11.5 Å². The summed E-state index contributed by atoms with van der Waals surface area (Å²) in [5, 5.41) is 6.46. The highest BCUT2D eigenvalue weighted by atomic mass is 35.5. The number of carbonyl (C=O) groups excluding carboxylic acids is 1. The van der Waals surface area contributed by atoms with Crippen molar-refractivity contribution in [3.63, 3.8) is 0 Å². The van der Waals surface area contributed by atoms with Gasteiger partial charge in [-0.3, -0.25) is 4.79 Å². The Morgan fingerprint density at radius 1 is 1.53 bits per heavy atom. The number of piperidine rings is 1. The molecule has 108 valence electrons. The minimum absolute atomic E-state index is 0. The molecule has 1 fully saturated rings. The standard InChI is InChI=1S/C14H22N2O2.ClH/c1-9-7-13(11(3)18-9)14(17)16-10(2)12-5-4-6-15-8-12;/h7,10,12,15H,4-6,8H2,1-3H3,(H,16,17);1H. The maximum absolute atomic E-state index is 12.1. The summed E-state index contributed by atoms with van der Waals surface area (Å²) in [7, 11) is 0. The van der Waals surface area contributed by atoms with Crippen LogP contribution in [0.5, 0.6) is 0 Å². The van der Waals surface area contributed by atoms with Crippen molar-refractivity contribution in [3.8, 4) is 0 Å². The predicted octanol–water partition coefficient (Wildman–Crippen LogP) is 2.44. The van der Waals surface area contributed by atoms with E-state index in [1.54, 1.807) is 6.07 Å². The topological polar surface area (TPSA) is 54.3 Å². The number of halogens is 1. The third-order valence-corrected chi connectivity index (χ3v) is 3.69. The molecule has 0 radical (unpaired) electrons. The molecule has 1 aliphatic rings. The first-order valence-corrected chi connectivity index (χ1v) is 6.66. The number of rotatable bonds is 3. The molecule has 4 nitrogen and oxygen atoms in total. The van der Waals surface area contributed by atoms with Crippen LogP contribution in [0.3, 0.4) is 0 Å². The fourth-order valence-corrected chi connectivity index (χ4v) is 2.56. The zero-order valence-corrected chi connectivity index (χ0v) is 12.6. The van der Waals surface area contributed by atoms with Crippen molar-refractivity contribution in [2.45, 2.75) is 39.7 Å². The summed E-state index contributed by atoms with van der Waals surface area (Å²) >= 11 is 0. The summed E-state index contributed by atoms with van der Waals surface area (Å²) in [5.74, 6) is 1.97. The Bertz CT molecular complexity index is 425. The second-order valence-electron chi connectivity index (χ2n) is 5.20. The first-order valence-electron chi connectivity index (χ1n) is 6.66. The molecule has 1 aromatic heterocycles. The van der Waals surface area contributed by atoms with E-state index in [2.05, 4.69) is 17.6 Å². The van der Waals surface area contributed by atoms with Gasteiger partial charge in [-0.25, -0.2) is 0 Å². The van der Waals surface area contributed by atoms with Crippen LogP contribution in [0.4, 0.5) is 0 Å². The van der Waals surface area contributed by atoms with Crippen molar-refractivity contribution < 1.29 is 9.21 Å². The van der Waals surface area contributed by atoms with Gasteiger partial charge in [0.15, 0.2) is 0 Å². The van der Waals surface area contributed by atoms with Crippen LogP contribution in [0.1, 0.15) is 41.6 Å². The molecule has 5 heteroatoms. The molecule has 0 saturated carbocycles. The summed E-state index contributed by atoms with van der Waals surface area (Å²) in [5.41, 5.74) is 0.656. The van der Waals surface area contributed by atoms with Crippen molar-refractivity contribution in [2.24, 2.45) is 5.92 Å². The van der Waals surface area contributed by atoms with Crippen molar-refractivity contribution in [3.05, 3.63) is 23.2 Å². The van der Waals surface area contributed by atoms with Gasteiger partial charge in [-0.2, -0.15) is 0 Å². The lowest BCUT2D eigenvalue weighted by Gasteiger charge is -2.28. The molecule has 0 spiro atoms. The van der Waals surface area contributed by atoms with Crippen LogP contribution in [0.15, 0.2) is 10.5 Å². The molecule has 2 atom stereocenters. The Balaban J connectivity index is 0.00000180. The van der Waals surface area contributed by atoms with Crippen LogP contribution in [0.25, 0.3) is 0 Å². The van der Waals surface area contributed by atoms with Crippen LogP contribution in [-0.4, -0.2) is 25.0 Å². The molecule has 2 rings (SSSR count). The molecule has 0 bridgehead atoms. The largest absolute Gasteiger partial charge is 0.466 e. The summed E-state index contributed by atoms with van der Waals surface area (Å²) in [6.45, 7) is 7.85. The molecule has 2 unspecified atom stereocenters. The highest BCUT2D eigenvalue weighted by Gasteiger charge is 2.23. The Morgan fingerprint density at radius 2 is 2.26 bits per heavy atom. The smallest absolute Gasteiger partial charge is 0.255 e. The summed E-state index contributed by atoms with van der Waals surface area (Å²) in [4.78, 5) is 12.1. The van der Waals surface area contributed by atoms with Crippen LogP contribution >= 0.6 is 12.4 Å². The van der Waals surface area contributed by atoms with Gasteiger partial charge in [-0.1, -0.05) is 0 Å². The molecule has 19 heavy (non-hydrogen) atoms. The minimum atomic E-state index is -0.0255. The molecule has 0 aliphatic carbocycles. The maximum atomic E-state index is 12.1. The van der Waals surface area contributed by atoms with Crippen molar-refractivity contribution in [1.82, 2.24) is 10.6 Å². The number of furan rings is 1. The lowest BCUT2D eigenvalue weighted by atomic mass is 9.92. The molecule has 1 aromatic rings. The number of amides is 1. The number of aryl methyl sites for hydroxylation is 2. The molecular weight excluding hydrogens is 264 g/mol. The second kappa shape index (κ2) is 6.96. The van der Waals surface area contributed by atoms with Gasteiger partial charge in [0.25, 0.3) is 5.91 Å². The Kier molecular flexibility index (Phi) is 5.88. The van der Waals surface area contributed by atoms with E-state index in [0.29, 0.717) is 17.2 Å². The van der Waals surface area contributed by atoms with Crippen molar-refractivity contribution in [2.75, 3.05) is 13.1 Å². The number of nitrogens with one attached hydrogen (secondary N) is 2. The van der Waals surface area contributed by atoms with Gasteiger partial charge in [0.2, 0.25) is 0 Å². The number of hydrogen-bond donors (Lipinski definition) is 2. The minimum Gasteiger partial charge on any atom is -0.466 e. The predicted molar refractivity (Wildman–Crippen MR) is 78.0 cm³/mol. The highest BCUT2D eigenvalue weighted by molar-refractivity contribution is 5.95. The van der Waals surface area contributed by atoms with Crippen LogP contribution in [-0.2, 0) is 0 Å². The van der Waals surface area contributed by atoms with E-state index in [1.807, 2.05) is 13.8 Å². The van der Waals surface area contributed by atoms with E-state index in [-0.39, 0.29) is 24.4 Å². The highest BCUT2D eigenvalue weighted by Crippen LogP contribution is 2.17. The van der Waals surface area contributed by atoms with E-state index < -0.39 is 0 Å². The first kappa shape index (κ1) is 16.1. The molecule has 1 aliphatic heterocycles. The van der Waals surface area contributed by atoms with Crippen molar-refractivity contribution >= 4 is 18.3 Å². The Hall–Kier alpha value is -1.000. The third-order valence-electron chi connectivity index (χ3n) is 3.69. The van der Waals surface area contributed by atoms with E-state index in [0.717, 1.165) is 18.8 Å². The van der Waals surface area contributed by atoms with Crippen LogP contribution < -0.4 is 10.6 Å². The molecular formula is C14H23ClN2O2. The zero-order valence-electron chi connectivity index (χ0n) is 11.8. The Morgan fingerprint density at radius 3 is 2.79 bits per heavy atom. The van der Waals surface area contributed by atoms with Crippen molar-refractivity contribution in [1.29, 1.82) is 0 Å². The molecule has 2 heterocycles. The monoisotopic (exact) mass is 286 g/mol. The quantitative estimate of drug-likeness (QED) is 0.897. The number of carbonyl (C=O) groups is 1. The van der Waals surface area contributed by atoms with Gasteiger partial charge in [-0.15, -0.1) is 12.4 Å². The summed E-state index contributed by atoms with van der Waals surface area (Å²) in [6, 6.07) is 2.00. The normalized spacial score (nSPS) is 20.5. The van der Waals surface area contributed by atoms with E-state index in [9.17, 15) is 4.79 Å². The average Bonchev–Trinajstić information content (AvgIpc) is 2.69. The fraction of sp³-hybridized carbons (Fsp3) is 0.643. The SMILES string of the molecule is Cc1cc(C(=O)NC(C)C2CCCNC2)c(C)o1.Cl. The van der Waals surface area contributed by atoms with E-state index in [4.69, 9.17) is 4.42 Å². The van der Waals surface area contributed by atoms with Gasteiger partial charge < -0.3 is 15.1 Å². The first-order chi connectivity index (χ1) is 8.58. The fourth-order valence-electron chi connectivity index (χ4n) is 2.56. The Labute approximate surface area is 120 Å². The van der Waals surface area contributed by atoms with Gasteiger partial charge in [-0.05, 0) is 58.7 Å².